The second-order valence-electron chi connectivity index (χ2n) is 7.86. The van der Waals surface area contributed by atoms with Crippen LogP contribution in [0.3, 0.4) is 0 Å². The zero-order chi connectivity index (χ0) is 25.6. The van der Waals surface area contributed by atoms with Crippen molar-refractivity contribution in [1.82, 2.24) is 10.2 Å². The molecule has 1 aromatic heterocycles. The van der Waals surface area contributed by atoms with Gasteiger partial charge in [-0.2, -0.15) is 0 Å². The number of carbonyl (C=O) groups is 1. The van der Waals surface area contributed by atoms with Gasteiger partial charge in [-0.25, -0.2) is 18.2 Å². The average Bonchev–Trinajstić information content (AvgIpc) is 3.32. The number of sulfone groups is 1. The fraction of sp³-hybridized carbons (Fsp3) is 0.250. The van der Waals surface area contributed by atoms with E-state index < -0.39 is 15.8 Å². The van der Waals surface area contributed by atoms with E-state index in [4.69, 9.17) is 14.9 Å². The van der Waals surface area contributed by atoms with E-state index in [0.29, 0.717) is 11.3 Å². The maximum Gasteiger partial charge on any atom is 0.355 e. The predicted molar refractivity (Wildman–Crippen MR) is 136 cm³/mol. The number of nitrogens with zero attached hydrogens (tertiary/aromatic N) is 3. The molecule has 9 nitrogen and oxygen atoms in total. The quantitative estimate of drug-likeness (QED) is 0.194. The lowest BCUT2D eigenvalue weighted by molar-refractivity contribution is -0.136. The first-order valence-corrected chi connectivity index (χ1v) is 13.8. The second kappa shape index (κ2) is 11.3. The third-order valence-corrected chi connectivity index (χ3v) is 6.25. The Balaban J connectivity index is 2.09. The minimum Gasteiger partial charge on any atom is -0.450 e. The van der Waals surface area contributed by atoms with E-state index in [1.54, 1.807) is 18.4 Å². The number of rotatable bonds is 9. The Kier molecular flexibility index (Phi) is 8.47. The lowest BCUT2D eigenvalue weighted by Gasteiger charge is -2.09. The van der Waals surface area contributed by atoms with Crippen molar-refractivity contribution in [2.24, 2.45) is 10.7 Å². The van der Waals surface area contributed by atoms with E-state index in [1.165, 1.54) is 30.0 Å². The van der Waals surface area contributed by atoms with Gasteiger partial charge < -0.3 is 14.9 Å². The van der Waals surface area contributed by atoms with Crippen molar-refractivity contribution < 1.29 is 22.4 Å². The van der Waals surface area contributed by atoms with Gasteiger partial charge in [0, 0.05) is 11.8 Å². The summed E-state index contributed by atoms with van der Waals surface area (Å²) in [5, 5.41) is 8.13. The van der Waals surface area contributed by atoms with Gasteiger partial charge in [-0.15, -0.1) is 22.0 Å². The molecule has 0 aliphatic rings. The molecule has 0 unspecified atom stereocenters. The number of esters is 1. The van der Waals surface area contributed by atoms with Crippen molar-refractivity contribution in [3.63, 3.8) is 0 Å². The van der Waals surface area contributed by atoms with Gasteiger partial charge in [0.1, 0.15) is 17.3 Å². The number of benzene rings is 2. The lowest BCUT2D eigenvalue weighted by atomic mass is 10.0. The summed E-state index contributed by atoms with van der Waals surface area (Å²) in [5.41, 5.74) is 8.00. The van der Waals surface area contributed by atoms with Gasteiger partial charge in [0.2, 0.25) is 5.89 Å². The Hall–Kier alpha value is -3.44. The highest BCUT2D eigenvalue weighted by Gasteiger charge is 2.18. The van der Waals surface area contributed by atoms with E-state index in [1.807, 2.05) is 38.1 Å². The Morgan fingerprint density at radius 3 is 2.63 bits per heavy atom. The first-order chi connectivity index (χ1) is 16.6. The molecule has 0 radical (unpaired) electrons. The van der Waals surface area contributed by atoms with Crippen LogP contribution in [0.15, 0.2) is 74.6 Å². The van der Waals surface area contributed by atoms with Crippen LogP contribution in [0.25, 0.3) is 11.5 Å². The molecule has 3 aromatic rings. The monoisotopic (exact) mass is 514 g/mol. The van der Waals surface area contributed by atoms with Crippen LogP contribution in [0, 0.1) is 0 Å². The standard InChI is InChI=1S/C24H26N4O5S2/c1-15(2)18-10-5-6-11-20(18)26-21(13-19(25)24(29)32-14-34-3)23-28-27-22(33-23)16-8-7-9-17(12-16)35(4,30)31/h5-13,15H,14,25H2,1-4H3. The van der Waals surface area contributed by atoms with Crippen LogP contribution in [-0.4, -0.2) is 48.7 Å². The van der Waals surface area contributed by atoms with Crippen molar-refractivity contribution >= 4 is 39.0 Å². The molecule has 3 rings (SSSR count). The topological polar surface area (TPSA) is 138 Å². The Labute approximate surface area is 208 Å². The average molecular weight is 515 g/mol. The summed E-state index contributed by atoms with van der Waals surface area (Å²) in [4.78, 5) is 17.0. The SMILES string of the molecule is CSCOC(=O)C(N)=CC(=Nc1ccccc1C(C)C)c1nnc(-c2cccc(S(C)(=O)=O)c2)o1. The molecule has 0 fully saturated rings. The smallest absolute Gasteiger partial charge is 0.355 e. The van der Waals surface area contributed by atoms with Crippen molar-refractivity contribution in [3.8, 4) is 11.5 Å². The highest BCUT2D eigenvalue weighted by molar-refractivity contribution is 7.98. The molecule has 2 aromatic carbocycles. The summed E-state index contributed by atoms with van der Waals surface area (Å²) < 4.78 is 34.8. The van der Waals surface area contributed by atoms with Gasteiger partial charge in [0.15, 0.2) is 9.84 Å². The second-order valence-corrected chi connectivity index (χ2v) is 10.7. The third-order valence-electron chi connectivity index (χ3n) is 4.79. The molecule has 11 heteroatoms. The van der Waals surface area contributed by atoms with Gasteiger partial charge in [-0.3, -0.25) is 0 Å². The fourth-order valence-corrected chi connectivity index (χ4v) is 3.95. The third kappa shape index (κ3) is 6.80. The summed E-state index contributed by atoms with van der Waals surface area (Å²) >= 11 is 1.33. The molecule has 184 valence electrons. The number of hydrogen-bond donors (Lipinski definition) is 1. The zero-order valence-corrected chi connectivity index (χ0v) is 21.4. The normalized spacial score (nSPS) is 12.7. The molecule has 0 aliphatic carbocycles. The summed E-state index contributed by atoms with van der Waals surface area (Å²) in [6.45, 7) is 4.08. The Morgan fingerprint density at radius 1 is 1.20 bits per heavy atom. The van der Waals surface area contributed by atoms with E-state index in [2.05, 4.69) is 15.2 Å². The number of thioether (sulfide) groups is 1. The number of nitrogens with two attached hydrogens (primary N) is 1. The van der Waals surface area contributed by atoms with Crippen LogP contribution < -0.4 is 5.73 Å². The minimum absolute atomic E-state index is 0.00364. The van der Waals surface area contributed by atoms with Crippen molar-refractivity contribution in [2.45, 2.75) is 24.7 Å². The maximum absolute atomic E-state index is 12.2. The van der Waals surface area contributed by atoms with Crippen LogP contribution in [0.4, 0.5) is 5.69 Å². The van der Waals surface area contributed by atoms with Gasteiger partial charge in [0.25, 0.3) is 5.89 Å². The van der Waals surface area contributed by atoms with Gasteiger partial charge >= 0.3 is 5.97 Å². The number of ether oxygens (including phenoxy) is 1. The first kappa shape index (κ1) is 26.2. The molecule has 35 heavy (non-hydrogen) atoms. The number of para-hydroxylation sites is 1. The molecular formula is C24H26N4O5S2. The molecular weight excluding hydrogens is 488 g/mol. The molecule has 0 atom stereocenters. The minimum atomic E-state index is -3.42. The van der Waals surface area contributed by atoms with E-state index in [0.717, 1.165) is 11.8 Å². The van der Waals surface area contributed by atoms with Crippen LogP contribution >= 0.6 is 11.8 Å². The van der Waals surface area contributed by atoms with Crippen molar-refractivity contribution in [1.29, 1.82) is 0 Å². The van der Waals surface area contributed by atoms with Crippen LogP contribution in [0.2, 0.25) is 0 Å². The van der Waals surface area contributed by atoms with E-state index >= 15 is 0 Å². The fourth-order valence-electron chi connectivity index (χ4n) is 3.05. The number of allylic oxidation sites excluding steroid dienone is 1. The molecule has 0 saturated carbocycles. The number of aromatic nitrogens is 2. The first-order valence-electron chi connectivity index (χ1n) is 10.6. The van der Waals surface area contributed by atoms with Gasteiger partial charge in [-0.1, -0.05) is 38.1 Å². The predicted octanol–water partition coefficient (Wildman–Crippen LogP) is 4.09. The summed E-state index contributed by atoms with van der Waals surface area (Å²) in [5.74, 6) is -0.278. The van der Waals surface area contributed by atoms with Crippen LogP contribution in [-0.2, 0) is 19.4 Å². The summed E-state index contributed by atoms with van der Waals surface area (Å²) in [6.07, 6.45) is 4.23. The highest BCUT2D eigenvalue weighted by atomic mass is 32.2. The molecule has 0 bridgehead atoms. The van der Waals surface area contributed by atoms with Gasteiger partial charge in [0.05, 0.1) is 10.6 Å². The molecule has 1 heterocycles. The molecule has 2 N–H and O–H groups in total. The Morgan fingerprint density at radius 2 is 1.94 bits per heavy atom. The number of hydrogen-bond acceptors (Lipinski definition) is 10. The largest absolute Gasteiger partial charge is 0.450 e. The van der Waals surface area contributed by atoms with Crippen LogP contribution in [0.1, 0.15) is 31.2 Å². The number of carbonyl (C=O) groups excluding carboxylic acids is 1. The van der Waals surface area contributed by atoms with E-state index in [-0.39, 0.29) is 39.9 Å². The number of aliphatic imine (C=N–C) groups is 1. The molecule has 0 saturated heterocycles. The van der Waals surface area contributed by atoms with Crippen molar-refractivity contribution in [2.75, 3.05) is 18.5 Å². The molecule has 0 spiro atoms. The lowest BCUT2D eigenvalue weighted by Crippen LogP contribution is -2.16. The van der Waals surface area contributed by atoms with Crippen molar-refractivity contribution in [3.05, 3.63) is 71.8 Å². The molecule has 0 amide bonds. The zero-order valence-electron chi connectivity index (χ0n) is 19.8. The van der Waals surface area contributed by atoms with Crippen LogP contribution in [0.5, 0.6) is 0 Å². The van der Waals surface area contributed by atoms with E-state index in [9.17, 15) is 13.2 Å². The summed E-state index contributed by atoms with van der Waals surface area (Å²) in [6, 6.07) is 13.7. The molecule has 0 aliphatic heterocycles. The summed E-state index contributed by atoms with van der Waals surface area (Å²) in [7, 11) is -3.42. The highest BCUT2D eigenvalue weighted by Crippen LogP contribution is 2.28. The van der Waals surface area contributed by atoms with Gasteiger partial charge in [-0.05, 0) is 48.1 Å². The maximum atomic E-state index is 12.2. The Bertz CT molecular complexity index is 1380.